The number of rotatable bonds is 4. The fraction of sp³-hybridized carbons (Fsp3) is 0.125. The first-order chi connectivity index (χ1) is 16.2. The Balaban J connectivity index is 1.36. The van der Waals surface area contributed by atoms with E-state index in [9.17, 15) is 10.1 Å². The molecule has 0 saturated heterocycles. The molecule has 2 aromatic carbocycles. The summed E-state index contributed by atoms with van der Waals surface area (Å²) in [4.78, 5) is 29.6. The van der Waals surface area contributed by atoms with Gasteiger partial charge in [-0.3, -0.25) is 15.1 Å². The van der Waals surface area contributed by atoms with Gasteiger partial charge in [0, 0.05) is 34.7 Å². The van der Waals surface area contributed by atoms with Crippen LogP contribution in [0.3, 0.4) is 0 Å². The molecule has 0 atom stereocenters. The van der Waals surface area contributed by atoms with E-state index in [2.05, 4.69) is 26.0 Å². The third-order valence-corrected chi connectivity index (χ3v) is 5.92. The van der Waals surface area contributed by atoms with E-state index in [1.54, 1.807) is 24.4 Å². The third-order valence-electron chi connectivity index (χ3n) is 5.92. The number of nitro groups is 1. The molecule has 5 aromatic rings. The Morgan fingerprint density at radius 2 is 1.97 bits per heavy atom. The van der Waals surface area contributed by atoms with E-state index < -0.39 is 4.92 Å². The average molecular weight is 438 g/mol. The lowest BCUT2D eigenvalue weighted by atomic mass is 10.0. The molecule has 0 radical (unpaired) electrons. The Morgan fingerprint density at radius 3 is 2.88 bits per heavy atom. The van der Waals surface area contributed by atoms with E-state index >= 15 is 0 Å². The van der Waals surface area contributed by atoms with Gasteiger partial charge in [-0.1, -0.05) is 24.3 Å². The lowest BCUT2D eigenvalue weighted by molar-refractivity contribution is -0.385. The standard InChI is InChI=1S/C24H18N6O3/c31-30(32)22-23(29-11-9-18-17-5-1-2-6-20(17)28-21(18)13-29)26-14-27-24(22)33-16-7-8-19-15(12-16)4-3-10-25-19/h1-8,10,12,14,28H,9,11,13H2. The molecule has 1 N–H and O–H groups in total. The van der Waals surface area contributed by atoms with Crippen LogP contribution in [-0.4, -0.2) is 31.4 Å². The van der Waals surface area contributed by atoms with Gasteiger partial charge < -0.3 is 14.6 Å². The van der Waals surface area contributed by atoms with Crippen molar-refractivity contribution in [3.63, 3.8) is 0 Å². The largest absolute Gasteiger partial charge is 0.434 e. The van der Waals surface area contributed by atoms with E-state index in [1.165, 1.54) is 17.3 Å². The molecule has 0 bridgehead atoms. The molecule has 162 valence electrons. The molecular weight excluding hydrogens is 420 g/mol. The second-order valence-electron chi connectivity index (χ2n) is 7.87. The molecule has 0 aliphatic carbocycles. The first-order valence-corrected chi connectivity index (χ1v) is 10.5. The van der Waals surface area contributed by atoms with E-state index in [0.717, 1.165) is 28.5 Å². The predicted molar refractivity (Wildman–Crippen MR) is 124 cm³/mol. The Labute approximate surface area is 187 Å². The zero-order valence-electron chi connectivity index (χ0n) is 17.4. The first-order valence-electron chi connectivity index (χ1n) is 10.5. The zero-order valence-corrected chi connectivity index (χ0v) is 17.4. The smallest absolute Gasteiger partial charge is 0.373 e. The van der Waals surface area contributed by atoms with Crippen LogP contribution in [0, 0.1) is 10.1 Å². The molecule has 1 aliphatic heterocycles. The van der Waals surface area contributed by atoms with Crippen molar-refractivity contribution >= 4 is 33.3 Å². The number of aromatic nitrogens is 4. The first kappa shape index (κ1) is 19.2. The highest BCUT2D eigenvalue weighted by molar-refractivity contribution is 5.85. The minimum Gasteiger partial charge on any atom is -0.434 e. The van der Waals surface area contributed by atoms with Crippen LogP contribution < -0.4 is 9.64 Å². The van der Waals surface area contributed by atoms with Crippen LogP contribution >= 0.6 is 0 Å². The fourth-order valence-corrected chi connectivity index (χ4v) is 4.42. The molecule has 4 heterocycles. The second kappa shape index (κ2) is 7.56. The van der Waals surface area contributed by atoms with Gasteiger partial charge in [0.2, 0.25) is 5.82 Å². The quantitative estimate of drug-likeness (QED) is 0.318. The van der Waals surface area contributed by atoms with Gasteiger partial charge in [0.1, 0.15) is 12.1 Å². The summed E-state index contributed by atoms with van der Waals surface area (Å²) in [5.41, 5.74) is 3.92. The minimum absolute atomic E-state index is 0.0873. The highest BCUT2D eigenvalue weighted by atomic mass is 16.6. The summed E-state index contributed by atoms with van der Waals surface area (Å²) in [6.45, 7) is 1.09. The number of nitrogens with zero attached hydrogens (tertiary/aromatic N) is 5. The van der Waals surface area contributed by atoms with Crippen LogP contribution in [0.2, 0.25) is 0 Å². The van der Waals surface area contributed by atoms with E-state index in [-0.39, 0.29) is 17.4 Å². The van der Waals surface area contributed by atoms with Crippen LogP contribution in [0.5, 0.6) is 11.6 Å². The molecule has 0 spiro atoms. The molecule has 9 heteroatoms. The number of anilines is 1. The number of ether oxygens (including phenoxy) is 1. The van der Waals surface area contributed by atoms with Crippen molar-refractivity contribution in [1.29, 1.82) is 0 Å². The minimum atomic E-state index is -0.478. The molecule has 3 aromatic heterocycles. The second-order valence-corrected chi connectivity index (χ2v) is 7.87. The molecule has 0 saturated carbocycles. The van der Waals surface area contributed by atoms with Crippen molar-refractivity contribution in [2.45, 2.75) is 13.0 Å². The van der Waals surface area contributed by atoms with Crippen molar-refractivity contribution in [3.8, 4) is 11.6 Å². The number of hydrogen-bond donors (Lipinski definition) is 1. The Bertz CT molecular complexity index is 1530. The normalized spacial score (nSPS) is 13.3. The summed E-state index contributed by atoms with van der Waals surface area (Å²) < 4.78 is 5.87. The van der Waals surface area contributed by atoms with Gasteiger partial charge in [0.25, 0.3) is 0 Å². The van der Waals surface area contributed by atoms with Crippen LogP contribution in [0.1, 0.15) is 11.3 Å². The molecule has 6 rings (SSSR count). The van der Waals surface area contributed by atoms with Crippen molar-refractivity contribution in [2.75, 3.05) is 11.4 Å². The molecule has 0 unspecified atom stereocenters. The molecule has 1 aliphatic rings. The Hall–Kier alpha value is -4.53. The number of hydrogen-bond acceptors (Lipinski definition) is 7. The summed E-state index contributed by atoms with van der Waals surface area (Å²) >= 11 is 0. The van der Waals surface area contributed by atoms with E-state index in [1.807, 2.05) is 35.2 Å². The van der Waals surface area contributed by atoms with Crippen molar-refractivity contribution < 1.29 is 9.66 Å². The summed E-state index contributed by atoms with van der Waals surface area (Å²) in [6.07, 6.45) is 3.77. The number of para-hydroxylation sites is 1. The summed E-state index contributed by atoms with van der Waals surface area (Å²) in [6, 6.07) is 17.2. The van der Waals surface area contributed by atoms with Gasteiger partial charge in [-0.15, -0.1) is 0 Å². The number of H-pyrrole nitrogens is 1. The van der Waals surface area contributed by atoms with Gasteiger partial charge >= 0.3 is 11.6 Å². The zero-order chi connectivity index (χ0) is 22.4. The van der Waals surface area contributed by atoms with Gasteiger partial charge in [-0.25, -0.2) is 4.98 Å². The highest BCUT2D eigenvalue weighted by Crippen LogP contribution is 2.39. The van der Waals surface area contributed by atoms with Crippen LogP contribution in [0.4, 0.5) is 11.5 Å². The SMILES string of the molecule is O=[N+]([O-])c1c(Oc2ccc3ncccc3c2)ncnc1N1CCc2c([nH]c3ccccc23)C1. The summed E-state index contributed by atoms with van der Waals surface area (Å²) in [7, 11) is 0. The van der Waals surface area contributed by atoms with Crippen molar-refractivity contribution in [2.24, 2.45) is 0 Å². The van der Waals surface area contributed by atoms with E-state index in [4.69, 9.17) is 4.74 Å². The number of pyridine rings is 1. The average Bonchev–Trinajstić information content (AvgIpc) is 3.21. The van der Waals surface area contributed by atoms with Crippen LogP contribution in [0.15, 0.2) is 67.1 Å². The monoisotopic (exact) mass is 438 g/mol. The van der Waals surface area contributed by atoms with E-state index in [0.29, 0.717) is 18.8 Å². The van der Waals surface area contributed by atoms with Gasteiger partial charge in [0.15, 0.2) is 0 Å². The third kappa shape index (κ3) is 3.30. The molecular formula is C24H18N6O3. The van der Waals surface area contributed by atoms with Gasteiger partial charge in [-0.2, -0.15) is 4.98 Å². The summed E-state index contributed by atoms with van der Waals surface area (Å²) in [5.74, 6) is 0.604. The highest BCUT2D eigenvalue weighted by Gasteiger charge is 2.31. The maximum absolute atomic E-state index is 12.1. The van der Waals surface area contributed by atoms with Crippen molar-refractivity contribution in [1.82, 2.24) is 19.9 Å². The fourth-order valence-electron chi connectivity index (χ4n) is 4.42. The number of benzene rings is 2. The lowest BCUT2D eigenvalue weighted by Gasteiger charge is -2.27. The number of fused-ring (bicyclic) bond motifs is 4. The predicted octanol–water partition coefficient (Wildman–Crippen LogP) is 4.77. The Kier molecular flexibility index (Phi) is 4.39. The van der Waals surface area contributed by atoms with Crippen molar-refractivity contribution in [3.05, 3.63) is 88.5 Å². The molecule has 33 heavy (non-hydrogen) atoms. The lowest BCUT2D eigenvalue weighted by Crippen LogP contribution is -2.31. The van der Waals surface area contributed by atoms with Crippen LogP contribution in [0.25, 0.3) is 21.8 Å². The molecule has 0 fully saturated rings. The maximum atomic E-state index is 12.1. The Morgan fingerprint density at radius 1 is 1.06 bits per heavy atom. The topological polar surface area (TPSA) is 110 Å². The number of nitrogens with one attached hydrogen (secondary N) is 1. The number of aromatic amines is 1. The molecule has 0 amide bonds. The van der Waals surface area contributed by atoms with Gasteiger partial charge in [-0.05, 0) is 42.3 Å². The van der Waals surface area contributed by atoms with Crippen LogP contribution in [-0.2, 0) is 13.0 Å². The van der Waals surface area contributed by atoms with Gasteiger partial charge in [0.05, 0.1) is 17.0 Å². The summed E-state index contributed by atoms with van der Waals surface area (Å²) in [5, 5.41) is 14.1. The maximum Gasteiger partial charge on any atom is 0.373 e. The molecule has 9 nitrogen and oxygen atoms in total.